The van der Waals surface area contributed by atoms with Gasteiger partial charge in [0.05, 0.1) is 23.2 Å². The number of nitrogens with zero attached hydrogens (tertiary/aromatic N) is 2. The van der Waals surface area contributed by atoms with Crippen LogP contribution in [-0.2, 0) is 15.8 Å². The molecule has 0 fully saturated rings. The van der Waals surface area contributed by atoms with Gasteiger partial charge in [0.15, 0.2) is 5.78 Å². The summed E-state index contributed by atoms with van der Waals surface area (Å²) in [4.78, 5) is 25.7. The van der Waals surface area contributed by atoms with Crippen molar-refractivity contribution < 1.29 is 27.9 Å². The average Bonchev–Trinajstić information content (AvgIpc) is 2.72. The van der Waals surface area contributed by atoms with Crippen LogP contribution in [0.1, 0.15) is 36.5 Å². The molecule has 0 saturated heterocycles. The van der Waals surface area contributed by atoms with Gasteiger partial charge in [0, 0.05) is 34.6 Å². The first-order valence-electron chi connectivity index (χ1n) is 9.16. The number of alkyl halides is 3. The van der Waals surface area contributed by atoms with E-state index in [0.29, 0.717) is 16.8 Å². The zero-order chi connectivity index (χ0) is 22.9. The van der Waals surface area contributed by atoms with Crippen LogP contribution < -0.4 is 10.0 Å². The smallest absolute Gasteiger partial charge is 0.416 e. The third-order valence-corrected chi connectivity index (χ3v) is 5.06. The van der Waals surface area contributed by atoms with Crippen LogP contribution >= 0.6 is 0 Å². The molecule has 2 aromatic carbocycles. The molecule has 2 aromatic rings. The van der Waals surface area contributed by atoms with E-state index in [0.717, 1.165) is 12.1 Å². The van der Waals surface area contributed by atoms with Crippen molar-refractivity contribution in [1.82, 2.24) is 0 Å². The highest BCUT2D eigenvalue weighted by Crippen LogP contribution is 2.41. The second kappa shape index (κ2) is 8.11. The van der Waals surface area contributed by atoms with Gasteiger partial charge in [0.2, 0.25) is 0 Å². The highest BCUT2D eigenvalue weighted by molar-refractivity contribution is 6.02. The van der Waals surface area contributed by atoms with Crippen molar-refractivity contribution in [2.75, 3.05) is 4.90 Å². The molecule has 1 atom stereocenters. The Balaban J connectivity index is 2.21. The molecule has 5 nitrogen and oxygen atoms in total. The normalized spacial score (nSPS) is 16.6. The number of hydrogen-bond acceptors (Lipinski definition) is 5. The van der Waals surface area contributed by atoms with Crippen LogP contribution in [0.15, 0.2) is 71.6 Å². The van der Waals surface area contributed by atoms with Crippen LogP contribution in [0.2, 0.25) is 0 Å². The summed E-state index contributed by atoms with van der Waals surface area (Å²) in [5.41, 5.74) is 0.0905. The van der Waals surface area contributed by atoms with Gasteiger partial charge in [-0.1, -0.05) is 18.2 Å². The predicted octanol–water partition coefficient (Wildman–Crippen LogP) is 3.68. The lowest BCUT2D eigenvalue weighted by Gasteiger charge is -2.35. The van der Waals surface area contributed by atoms with Gasteiger partial charge in [-0.2, -0.15) is 18.4 Å². The number of carbonyl (C=O) groups excluding carboxylic acids is 2. The van der Waals surface area contributed by atoms with Crippen LogP contribution in [0.4, 0.5) is 18.9 Å². The minimum absolute atomic E-state index is 0.0584. The molecular formula is C23H16F3N2O3-. The number of hydrogen-bond donors (Lipinski definition) is 0. The summed E-state index contributed by atoms with van der Waals surface area (Å²) < 4.78 is 39.5. The summed E-state index contributed by atoms with van der Waals surface area (Å²) >= 11 is 0. The van der Waals surface area contributed by atoms with Gasteiger partial charge in [-0.05, 0) is 49.7 Å². The van der Waals surface area contributed by atoms with Crippen LogP contribution in [0.25, 0.3) is 0 Å². The number of carboxylic acids is 1. The van der Waals surface area contributed by atoms with Crippen molar-refractivity contribution in [2.45, 2.75) is 25.9 Å². The molecule has 1 aliphatic heterocycles. The number of aliphatic carboxylic acids is 1. The molecule has 1 heterocycles. The monoisotopic (exact) mass is 425 g/mol. The third-order valence-electron chi connectivity index (χ3n) is 5.06. The number of anilines is 1. The molecule has 0 radical (unpaired) electrons. The Labute approximate surface area is 176 Å². The van der Waals surface area contributed by atoms with E-state index in [9.17, 15) is 27.9 Å². The van der Waals surface area contributed by atoms with E-state index in [1.54, 1.807) is 0 Å². The lowest BCUT2D eigenvalue weighted by atomic mass is 9.79. The zero-order valence-electron chi connectivity index (χ0n) is 16.5. The van der Waals surface area contributed by atoms with Crippen LogP contribution in [0.5, 0.6) is 0 Å². The van der Waals surface area contributed by atoms with E-state index in [4.69, 9.17) is 5.26 Å². The second-order valence-electron chi connectivity index (χ2n) is 7.01. The Morgan fingerprint density at radius 3 is 2.29 bits per heavy atom. The minimum Gasteiger partial charge on any atom is -0.545 e. The van der Waals surface area contributed by atoms with E-state index in [2.05, 4.69) is 0 Å². The van der Waals surface area contributed by atoms with Crippen molar-refractivity contribution in [3.63, 3.8) is 0 Å². The highest BCUT2D eigenvalue weighted by Gasteiger charge is 2.34. The number of halogens is 3. The SMILES string of the molecule is CC(=O)C1=C(C)N(c2cccc(C(F)(F)F)c2)C=C(C(=O)[O-])C1c1ccc(C#N)cc1. The van der Waals surface area contributed by atoms with Gasteiger partial charge in [0.25, 0.3) is 0 Å². The Morgan fingerprint density at radius 2 is 1.77 bits per heavy atom. The quantitative estimate of drug-likeness (QED) is 0.746. The minimum atomic E-state index is -4.58. The van der Waals surface area contributed by atoms with Gasteiger partial charge in [0.1, 0.15) is 0 Å². The molecular weight excluding hydrogens is 409 g/mol. The van der Waals surface area contributed by atoms with Crippen LogP contribution in [0.3, 0.4) is 0 Å². The number of ketones is 1. The number of nitriles is 1. The lowest BCUT2D eigenvalue weighted by molar-refractivity contribution is -0.299. The molecule has 158 valence electrons. The van der Waals surface area contributed by atoms with E-state index in [1.807, 2.05) is 6.07 Å². The van der Waals surface area contributed by atoms with Gasteiger partial charge < -0.3 is 14.8 Å². The van der Waals surface area contributed by atoms with Gasteiger partial charge >= 0.3 is 6.18 Å². The Kier molecular flexibility index (Phi) is 5.71. The number of rotatable bonds is 4. The zero-order valence-corrected chi connectivity index (χ0v) is 16.5. The molecule has 3 rings (SSSR count). The summed E-state index contributed by atoms with van der Waals surface area (Å²) in [5.74, 6) is -2.98. The summed E-state index contributed by atoms with van der Waals surface area (Å²) in [5, 5.41) is 21.0. The fraction of sp³-hybridized carbons (Fsp3) is 0.174. The molecule has 31 heavy (non-hydrogen) atoms. The second-order valence-corrected chi connectivity index (χ2v) is 7.01. The molecule has 0 spiro atoms. The predicted molar refractivity (Wildman–Crippen MR) is 104 cm³/mol. The summed E-state index contributed by atoms with van der Waals surface area (Å²) in [7, 11) is 0. The van der Waals surface area contributed by atoms with Crippen molar-refractivity contribution in [2.24, 2.45) is 0 Å². The van der Waals surface area contributed by atoms with Crippen LogP contribution in [0, 0.1) is 11.3 Å². The Morgan fingerprint density at radius 1 is 1.13 bits per heavy atom. The van der Waals surface area contributed by atoms with Crippen molar-refractivity contribution in [1.29, 1.82) is 5.26 Å². The number of allylic oxidation sites excluding steroid dienone is 2. The Bertz CT molecular complexity index is 1160. The first-order chi connectivity index (χ1) is 14.5. The highest BCUT2D eigenvalue weighted by atomic mass is 19.4. The summed E-state index contributed by atoms with van der Waals surface area (Å²) in [6.07, 6.45) is -3.41. The van der Waals surface area contributed by atoms with E-state index < -0.39 is 29.4 Å². The standard InChI is InChI=1S/C23H17F3N2O3/c1-13-20(14(2)29)21(16-8-6-15(11-27)7-9-16)19(22(30)31)12-28(13)18-5-3-4-17(10-18)23(24,25)26/h3-10,12,21H,1-2H3,(H,30,31)/p-1. The first-order valence-corrected chi connectivity index (χ1v) is 9.16. The van der Waals surface area contributed by atoms with Crippen molar-refractivity contribution in [3.8, 4) is 6.07 Å². The fourth-order valence-electron chi connectivity index (χ4n) is 3.63. The lowest BCUT2D eigenvalue weighted by Crippen LogP contribution is -2.35. The number of Topliss-reactive ketones (excluding diaryl/α,β-unsaturated/α-hetero) is 1. The third kappa shape index (κ3) is 4.21. The number of carboxylic acid groups (broad SMARTS) is 1. The molecule has 0 bridgehead atoms. The van der Waals surface area contributed by atoms with Crippen molar-refractivity contribution in [3.05, 3.63) is 88.3 Å². The molecule has 0 aliphatic carbocycles. The maximum Gasteiger partial charge on any atom is 0.416 e. The number of carbonyl (C=O) groups is 2. The van der Waals surface area contributed by atoms with Gasteiger partial charge in [-0.15, -0.1) is 0 Å². The Hall–Kier alpha value is -3.86. The molecule has 0 aromatic heterocycles. The van der Waals surface area contributed by atoms with E-state index in [1.165, 1.54) is 61.3 Å². The topological polar surface area (TPSA) is 84.2 Å². The molecule has 1 aliphatic rings. The summed E-state index contributed by atoms with van der Waals surface area (Å²) in [6.45, 7) is 2.80. The maximum atomic E-state index is 13.2. The number of benzene rings is 2. The van der Waals surface area contributed by atoms with E-state index in [-0.39, 0.29) is 16.8 Å². The summed E-state index contributed by atoms with van der Waals surface area (Å²) in [6, 6.07) is 12.4. The van der Waals surface area contributed by atoms with Crippen LogP contribution in [-0.4, -0.2) is 11.8 Å². The van der Waals surface area contributed by atoms with Crippen molar-refractivity contribution >= 4 is 17.4 Å². The molecule has 0 N–H and O–H groups in total. The molecule has 1 unspecified atom stereocenters. The van der Waals surface area contributed by atoms with Gasteiger partial charge in [-0.3, -0.25) is 4.79 Å². The average molecular weight is 425 g/mol. The van der Waals surface area contributed by atoms with E-state index >= 15 is 0 Å². The first kappa shape index (κ1) is 21.8. The fourth-order valence-corrected chi connectivity index (χ4v) is 3.63. The van der Waals surface area contributed by atoms with Gasteiger partial charge in [-0.25, -0.2) is 0 Å². The molecule has 0 saturated carbocycles. The maximum absolute atomic E-state index is 13.2. The molecule has 8 heteroatoms. The molecule has 0 amide bonds. The largest absolute Gasteiger partial charge is 0.545 e.